The van der Waals surface area contributed by atoms with E-state index >= 15 is 0 Å². The van der Waals surface area contributed by atoms with Gasteiger partial charge in [0.05, 0.1) is 13.3 Å². The molecule has 1 rings (SSSR count). The van der Waals surface area contributed by atoms with Crippen molar-refractivity contribution in [2.45, 2.75) is 0 Å². The maximum Gasteiger partial charge on any atom is 0.214 e. The van der Waals surface area contributed by atoms with Crippen LogP contribution in [-0.4, -0.2) is 17.2 Å². The van der Waals surface area contributed by atoms with E-state index in [9.17, 15) is 0 Å². The van der Waals surface area contributed by atoms with Crippen LogP contribution in [-0.2, 0) is 0 Å². The average Bonchev–Trinajstić information content (AvgIpc) is 2.05. The molecule has 1 N–H and O–H groups in total. The van der Waals surface area contributed by atoms with Crippen molar-refractivity contribution in [1.29, 1.82) is 5.26 Å². The second-order valence-electron chi connectivity index (χ2n) is 1.86. The minimum Gasteiger partial charge on any atom is -0.505 e. The molecule has 0 radical (unpaired) electrons. The van der Waals surface area contributed by atoms with E-state index in [0.29, 0.717) is 5.88 Å². The molecule has 0 fully saturated rings. The van der Waals surface area contributed by atoms with Crippen LogP contribution in [0.15, 0.2) is 12.3 Å². The molecular formula is C7H6N2O2. The summed E-state index contributed by atoms with van der Waals surface area (Å²) in [5.41, 5.74) is 0.164. The van der Waals surface area contributed by atoms with Gasteiger partial charge in [-0.15, -0.1) is 0 Å². The van der Waals surface area contributed by atoms with Gasteiger partial charge in [-0.05, 0) is 0 Å². The summed E-state index contributed by atoms with van der Waals surface area (Å²) in [6.07, 6.45) is 1.18. The second-order valence-corrected chi connectivity index (χ2v) is 1.86. The number of nitriles is 1. The maximum absolute atomic E-state index is 8.99. The molecular weight excluding hydrogens is 144 g/mol. The monoisotopic (exact) mass is 150 g/mol. The number of rotatable bonds is 1. The Bertz CT molecular complexity index is 304. The van der Waals surface area contributed by atoms with Crippen LogP contribution >= 0.6 is 0 Å². The Kier molecular flexibility index (Phi) is 1.93. The Balaban J connectivity index is 3.15. The zero-order valence-corrected chi connectivity index (χ0v) is 5.90. The van der Waals surface area contributed by atoms with E-state index in [0.717, 1.165) is 0 Å². The molecule has 1 aromatic rings. The summed E-state index contributed by atoms with van der Waals surface area (Å²) in [7, 11) is 1.44. The number of aromatic nitrogens is 1. The highest BCUT2D eigenvalue weighted by molar-refractivity contribution is 5.42. The molecule has 0 aromatic carbocycles. The van der Waals surface area contributed by atoms with Gasteiger partial charge in [0.15, 0.2) is 5.75 Å². The van der Waals surface area contributed by atoms with Crippen LogP contribution in [0.4, 0.5) is 0 Å². The minimum atomic E-state index is -0.131. The van der Waals surface area contributed by atoms with Crippen LogP contribution in [0.25, 0.3) is 0 Å². The van der Waals surface area contributed by atoms with Gasteiger partial charge < -0.3 is 9.84 Å². The van der Waals surface area contributed by atoms with Crippen molar-refractivity contribution in [3.05, 3.63) is 17.8 Å². The zero-order valence-electron chi connectivity index (χ0n) is 5.90. The molecule has 56 valence electrons. The Morgan fingerprint density at radius 3 is 3.00 bits per heavy atom. The molecule has 0 aliphatic carbocycles. The fraction of sp³-hybridized carbons (Fsp3) is 0.143. The minimum absolute atomic E-state index is 0.131. The third kappa shape index (κ3) is 1.38. The Labute approximate surface area is 63.7 Å². The Morgan fingerprint density at radius 2 is 2.45 bits per heavy atom. The summed E-state index contributed by atoms with van der Waals surface area (Å²) in [6.45, 7) is 0. The SMILES string of the molecule is COc1cc(C#N)c(O)cn1. The fourth-order valence-electron chi connectivity index (χ4n) is 0.630. The third-order valence-electron chi connectivity index (χ3n) is 1.19. The molecule has 4 heteroatoms. The zero-order chi connectivity index (χ0) is 8.27. The quantitative estimate of drug-likeness (QED) is 0.638. The first kappa shape index (κ1) is 7.35. The van der Waals surface area contributed by atoms with Crippen molar-refractivity contribution >= 4 is 0 Å². The standard InChI is InChI=1S/C7H6N2O2/c1-11-7-2-5(3-8)6(10)4-9-7/h2,4,10H,1H3. The summed E-state index contributed by atoms with van der Waals surface area (Å²) >= 11 is 0. The first-order valence-electron chi connectivity index (χ1n) is 2.91. The van der Waals surface area contributed by atoms with Crippen LogP contribution in [0, 0.1) is 11.3 Å². The number of hydrogen-bond acceptors (Lipinski definition) is 4. The normalized spacial score (nSPS) is 8.73. The lowest BCUT2D eigenvalue weighted by atomic mass is 10.3. The van der Waals surface area contributed by atoms with Crippen molar-refractivity contribution in [2.75, 3.05) is 7.11 Å². The van der Waals surface area contributed by atoms with Crippen molar-refractivity contribution in [1.82, 2.24) is 4.98 Å². The fourth-order valence-corrected chi connectivity index (χ4v) is 0.630. The molecule has 11 heavy (non-hydrogen) atoms. The summed E-state index contributed by atoms with van der Waals surface area (Å²) in [6, 6.07) is 3.17. The summed E-state index contributed by atoms with van der Waals surface area (Å²) in [5, 5.41) is 17.4. The largest absolute Gasteiger partial charge is 0.505 e. The Morgan fingerprint density at radius 1 is 1.73 bits per heavy atom. The topological polar surface area (TPSA) is 66.1 Å². The molecule has 1 heterocycles. The van der Waals surface area contributed by atoms with Crippen LogP contribution in [0.1, 0.15) is 5.56 Å². The van der Waals surface area contributed by atoms with Crippen LogP contribution in [0.3, 0.4) is 0 Å². The van der Waals surface area contributed by atoms with Gasteiger partial charge in [0, 0.05) is 6.07 Å². The number of aromatic hydroxyl groups is 1. The molecule has 0 saturated carbocycles. The van der Waals surface area contributed by atoms with Gasteiger partial charge in [0.2, 0.25) is 5.88 Å². The van der Waals surface area contributed by atoms with Crippen LogP contribution in [0.5, 0.6) is 11.6 Å². The van der Waals surface area contributed by atoms with Gasteiger partial charge in [0.25, 0.3) is 0 Å². The molecule has 4 nitrogen and oxygen atoms in total. The molecule has 0 unspecified atom stereocenters. The van der Waals surface area contributed by atoms with Crippen molar-refractivity contribution in [2.24, 2.45) is 0 Å². The van der Waals surface area contributed by atoms with E-state index in [1.807, 2.05) is 0 Å². The van der Waals surface area contributed by atoms with E-state index in [1.54, 1.807) is 6.07 Å². The van der Waals surface area contributed by atoms with E-state index in [2.05, 4.69) is 4.98 Å². The lowest BCUT2D eigenvalue weighted by molar-refractivity contribution is 0.393. The lowest BCUT2D eigenvalue weighted by Crippen LogP contribution is -1.87. The first-order chi connectivity index (χ1) is 5.27. The smallest absolute Gasteiger partial charge is 0.214 e. The number of nitrogens with zero attached hydrogens (tertiary/aromatic N) is 2. The Hall–Kier alpha value is -1.76. The molecule has 0 bridgehead atoms. The van der Waals surface area contributed by atoms with E-state index < -0.39 is 0 Å². The van der Waals surface area contributed by atoms with Gasteiger partial charge in [-0.25, -0.2) is 4.98 Å². The molecule has 0 atom stereocenters. The summed E-state index contributed by atoms with van der Waals surface area (Å²) in [4.78, 5) is 3.68. The highest BCUT2D eigenvalue weighted by Gasteiger charge is 2.01. The highest BCUT2D eigenvalue weighted by atomic mass is 16.5. The van der Waals surface area contributed by atoms with Crippen molar-refractivity contribution in [3.8, 4) is 17.7 Å². The number of hydrogen-bond donors (Lipinski definition) is 1. The highest BCUT2D eigenvalue weighted by Crippen LogP contribution is 2.17. The average molecular weight is 150 g/mol. The third-order valence-corrected chi connectivity index (χ3v) is 1.19. The van der Waals surface area contributed by atoms with E-state index in [1.165, 1.54) is 19.4 Å². The van der Waals surface area contributed by atoms with Gasteiger partial charge in [-0.3, -0.25) is 0 Å². The van der Waals surface area contributed by atoms with E-state index in [4.69, 9.17) is 15.1 Å². The van der Waals surface area contributed by atoms with Gasteiger partial charge in [-0.2, -0.15) is 5.26 Å². The van der Waals surface area contributed by atoms with E-state index in [-0.39, 0.29) is 11.3 Å². The molecule has 0 aliphatic heterocycles. The number of ether oxygens (including phenoxy) is 1. The molecule has 0 aliphatic rings. The van der Waals surface area contributed by atoms with Gasteiger partial charge in [-0.1, -0.05) is 0 Å². The van der Waals surface area contributed by atoms with Crippen molar-refractivity contribution < 1.29 is 9.84 Å². The molecule has 0 amide bonds. The number of pyridine rings is 1. The predicted octanol–water partition coefficient (Wildman–Crippen LogP) is 0.667. The van der Waals surface area contributed by atoms with Gasteiger partial charge >= 0.3 is 0 Å². The second kappa shape index (κ2) is 2.88. The molecule has 0 saturated heterocycles. The predicted molar refractivity (Wildman–Crippen MR) is 37.2 cm³/mol. The first-order valence-corrected chi connectivity index (χ1v) is 2.91. The summed E-state index contributed by atoms with van der Waals surface area (Å²) < 4.78 is 4.74. The van der Waals surface area contributed by atoms with Crippen molar-refractivity contribution in [3.63, 3.8) is 0 Å². The van der Waals surface area contributed by atoms with Gasteiger partial charge in [0.1, 0.15) is 11.6 Å². The van der Waals surface area contributed by atoms with Crippen LogP contribution in [0.2, 0.25) is 0 Å². The summed E-state index contributed by atoms with van der Waals surface area (Å²) in [5.74, 6) is 0.188. The van der Waals surface area contributed by atoms with Crippen LogP contribution < -0.4 is 4.74 Å². The number of methoxy groups -OCH3 is 1. The maximum atomic E-state index is 8.99. The molecule has 0 spiro atoms. The molecule has 1 aromatic heterocycles. The lowest BCUT2D eigenvalue weighted by Gasteiger charge is -1.98.